The Morgan fingerprint density at radius 1 is 1.00 bits per heavy atom. The third-order valence-corrected chi connectivity index (χ3v) is 5.72. The first-order chi connectivity index (χ1) is 16.2. The van der Waals surface area contributed by atoms with E-state index in [0.29, 0.717) is 17.1 Å². The Labute approximate surface area is 198 Å². The summed E-state index contributed by atoms with van der Waals surface area (Å²) in [5.41, 5.74) is 14.1. The van der Waals surface area contributed by atoms with E-state index < -0.39 is 21.5 Å². The van der Waals surface area contributed by atoms with Crippen LogP contribution < -0.4 is 16.8 Å². The molecule has 34 heavy (non-hydrogen) atoms. The summed E-state index contributed by atoms with van der Waals surface area (Å²) < 4.78 is 31.4. The number of hydrogen-bond acceptors (Lipinski definition) is 7. The van der Waals surface area contributed by atoms with Gasteiger partial charge in [-0.1, -0.05) is 60.7 Å². The Hall–Kier alpha value is -4.15. The molecule has 1 aromatic heterocycles. The van der Waals surface area contributed by atoms with Crippen molar-refractivity contribution in [3.05, 3.63) is 102 Å². The average Bonchev–Trinajstić information content (AvgIpc) is 2.82. The van der Waals surface area contributed by atoms with Crippen LogP contribution in [0.15, 0.2) is 85.2 Å². The Balaban J connectivity index is 0.000000192. The van der Waals surface area contributed by atoms with Crippen molar-refractivity contribution in [2.75, 3.05) is 11.5 Å². The van der Waals surface area contributed by atoms with Crippen LogP contribution in [0.25, 0.3) is 12.2 Å². The molecule has 1 aliphatic heterocycles. The molecule has 1 aliphatic rings. The topological polar surface area (TPSA) is 152 Å². The van der Waals surface area contributed by atoms with Gasteiger partial charge in [0.25, 0.3) is 0 Å². The molecule has 1 unspecified atom stereocenters. The van der Waals surface area contributed by atoms with Gasteiger partial charge in [0.2, 0.25) is 11.4 Å². The largest absolute Gasteiger partial charge is 0.397 e. The van der Waals surface area contributed by atoms with Gasteiger partial charge in [-0.3, -0.25) is 14.3 Å². The minimum absolute atomic E-state index is 0.155. The van der Waals surface area contributed by atoms with Crippen LogP contribution in [0.3, 0.4) is 0 Å². The van der Waals surface area contributed by atoms with Gasteiger partial charge in [-0.2, -0.15) is 8.42 Å². The van der Waals surface area contributed by atoms with E-state index in [1.165, 1.54) is 17.2 Å². The van der Waals surface area contributed by atoms with Crippen LogP contribution in [0.1, 0.15) is 16.8 Å². The van der Waals surface area contributed by atoms with E-state index >= 15 is 0 Å². The van der Waals surface area contributed by atoms with E-state index in [1.54, 1.807) is 30.5 Å². The van der Waals surface area contributed by atoms with Gasteiger partial charge in [-0.15, -0.1) is 0 Å². The molecule has 2 aromatic carbocycles. The van der Waals surface area contributed by atoms with Gasteiger partial charge < -0.3 is 21.7 Å². The summed E-state index contributed by atoms with van der Waals surface area (Å²) in [5, 5.41) is 2.16. The number of nitrogen functional groups attached to an aromatic ring is 2. The van der Waals surface area contributed by atoms with E-state index in [1.807, 2.05) is 54.6 Å². The lowest BCUT2D eigenvalue weighted by Gasteiger charge is -2.30. The summed E-state index contributed by atoms with van der Waals surface area (Å²) in [6, 6.07) is 20.9. The quantitative estimate of drug-likeness (QED) is 0.248. The molecule has 0 bridgehead atoms. The normalized spacial score (nSPS) is 15.5. The molecule has 0 fully saturated rings. The lowest BCUT2D eigenvalue weighted by molar-refractivity contribution is -0.118. The first kappa shape index (κ1) is 24.5. The number of anilines is 2. The summed E-state index contributed by atoms with van der Waals surface area (Å²) >= 11 is 0. The molecule has 2 heterocycles. The number of nitrogens with zero attached hydrogens (tertiary/aromatic N) is 2. The maximum Gasteiger partial charge on any atom is 0.306 e. The van der Waals surface area contributed by atoms with E-state index in [4.69, 9.17) is 16.0 Å². The smallest absolute Gasteiger partial charge is 0.306 e. The fourth-order valence-corrected chi connectivity index (χ4v) is 3.80. The predicted molar refractivity (Wildman–Crippen MR) is 133 cm³/mol. The van der Waals surface area contributed by atoms with Gasteiger partial charge in [0.1, 0.15) is 0 Å². The molecule has 4 rings (SSSR count). The van der Waals surface area contributed by atoms with Crippen LogP contribution >= 0.6 is 0 Å². The fourth-order valence-electron chi connectivity index (χ4n) is 3.05. The van der Waals surface area contributed by atoms with Gasteiger partial charge >= 0.3 is 10.1 Å². The Morgan fingerprint density at radius 3 is 2.41 bits per heavy atom. The molecule has 9 nitrogen and oxygen atoms in total. The summed E-state index contributed by atoms with van der Waals surface area (Å²) in [6.45, 7) is 0.155. The van der Waals surface area contributed by atoms with Crippen LogP contribution in [0.2, 0.25) is 0 Å². The van der Waals surface area contributed by atoms with Gasteiger partial charge in [-0.25, -0.2) is 0 Å². The van der Waals surface area contributed by atoms with Crippen molar-refractivity contribution in [3.8, 4) is 0 Å². The summed E-state index contributed by atoms with van der Waals surface area (Å²) in [7, 11) is -4.41. The van der Waals surface area contributed by atoms with Crippen molar-refractivity contribution in [1.82, 2.24) is 15.2 Å². The highest BCUT2D eigenvalue weighted by atomic mass is 32.2. The number of rotatable bonds is 5. The van der Waals surface area contributed by atoms with Crippen molar-refractivity contribution in [2.24, 2.45) is 0 Å². The van der Waals surface area contributed by atoms with Crippen molar-refractivity contribution >= 4 is 39.6 Å². The molecule has 0 saturated heterocycles. The highest BCUT2D eigenvalue weighted by Gasteiger charge is 2.32. The van der Waals surface area contributed by atoms with Crippen LogP contribution in [0, 0.1) is 0 Å². The van der Waals surface area contributed by atoms with E-state index in [9.17, 15) is 13.2 Å². The first-order valence-corrected chi connectivity index (χ1v) is 11.7. The molecule has 0 aliphatic carbocycles. The Kier molecular flexibility index (Phi) is 8.01. The predicted octanol–water partition coefficient (Wildman–Crippen LogP) is 2.72. The molecule has 176 valence electrons. The molecule has 1 amide bonds. The zero-order valence-electron chi connectivity index (χ0n) is 18.2. The average molecular weight is 480 g/mol. The molecule has 0 spiro atoms. The van der Waals surface area contributed by atoms with Gasteiger partial charge in [-0.05, 0) is 29.3 Å². The number of amides is 1. The number of aromatic nitrogens is 1. The lowest BCUT2D eigenvalue weighted by Crippen LogP contribution is -2.52. The minimum Gasteiger partial charge on any atom is -0.397 e. The Bertz CT molecular complexity index is 1280. The summed E-state index contributed by atoms with van der Waals surface area (Å²) in [5.74, 6) is -0.574. The molecule has 1 atom stereocenters. The third-order valence-electron chi connectivity index (χ3n) is 4.77. The second kappa shape index (κ2) is 11.1. The molecule has 6 N–H and O–H groups in total. The van der Waals surface area contributed by atoms with Crippen LogP contribution in [0.4, 0.5) is 11.4 Å². The zero-order chi connectivity index (χ0) is 24.6. The van der Waals surface area contributed by atoms with Crippen molar-refractivity contribution in [2.45, 2.75) is 12.0 Å². The molecule has 0 saturated carbocycles. The standard InChI is InChI=1S/C14H14N2.C10H11N3O4S/c15-13-8-4-7-12(14(13)16)10-9-11-5-2-1-3-6-11;14-9-4-6-13(10(12-9)18(15,16)17)7-8-3-1-2-5-11-8/h1-10H,15-16H2;1-6,10H,7H2,(H,12,14)(H,15,16,17). The van der Waals surface area contributed by atoms with Crippen LogP contribution in [0.5, 0.6) is 0 Å². The van der Waals surface area contributed by atoms with Gasteiger partial charge in [0.15, 0.2) is 0 Å². The first-order valence-electron chi connectivity index (χ1n) is 10.2. The lowest BCUT2D eigenvalue weighted by atomic mass is 10.1. The van der Waals surface area contributed by atoms with Crippen LogP contribution in [-0.4, -0.2) is 34.3 Å². The number of carbonyl (C=O) groups is 1. The molecular formula is C24H25N5O4S. The highest BCUT2D eigenvalue weighted by Crippen LogP contribution is 2.21. The van der Waals surface area contributed by atoms with Crippen molar-refractivity contribution in [1.29, 1.82) is 0 Å². The molecule has 3 aromatic rings. The maximum atomic E-state index is 11.2. The second-order valence-electron chi connectivity index (χ2n) is 7.28. The van der Waals surface area contributed by atoms with Crippen molar-refractivity contribution in [3.63, 3.8) is 0 Å². The third kappa shape index (κ3) is 6.92. The summed E-state index contributed by atoms with van der Waals surface area (Å²) in [4.78, 5) is 16.4. The number of benzene rings is 2. The van der Waals surface area contributed by atoms with Crippen molar-refractivity contribution < 1.29 is 17.8 Å². The number of nitrogens with one attached hydrogen (secondary N) is 1. The second-order valence-corrected chi connectivity index (χ2v) is 8.76. The number of nitrogens with two attached hydrogens (primary N) is 2. The number of carbonyl (C=O) groups excluding carboxylic acids is 1. The van der Waals surface area contributed by atoms with Gasteiger partial charge in [0, 0.05) is 18.5 Å². The number of hydrogen-bond donors (Lipinski definition) is 4. The van der Waals surface area contributed by atoms with Gasteiger partial charge in [0.05, 0.1) is 23.6 Å². The molecular weight excluding hydrogens is 454 g/mol. The van der Waals surface area contributed by atoms with Crippen LogP contribution in [-0.2, 0) is 21.5 Å². The van der Waals surface area contributed by atoms with E-state index in [2.05, 4.69) is 10.3 Å². The molecule has 10 heteroatoms. The SMILES string of the molecule is Nc1cccc(C=Cc2ccccc2)c1N.O=C1C=CN(Cc2ccccn2)C(S(=O)(=O)O)N1. The number of pyridine rings is 1. The summed E-state index contributed by atoms with van der Waals surface area (Å²) in [6.07, 6.45) is 8.06. The molecule has 0 radical (unpaired) electrons. The highest BCUT2D eigenvalue weighted by molar-refractivity contribution is 7.86. The van der Waals surface area contributed by atoms with E-state index in [-0.39, 0.29) is 6.54 Å². The van der Waals surface area contributed by atoms with E-state index in [0.717, 1.165) is 11.1 Å². The fraction of sp³-hybridized carbons (Fsp3) is 0.0833. The minimum atomic E-state index is -4.41. The Morgan fingerprint density at radius 2 is 1.74 bits per heavy atom. The maximum absolute atomic E-state index is 11.2. The monoisotopic (exact) mass is 479 g/mol. The zero-order valence-corrected chi connectivity index (χ0v) is 19.0. The number of para-hydroxylation sites is 1.